The van der Waals surface area contributed by atoms with Crippen LogP contribution in [0.15, 0.2) is 72.8 Å². The van der Waals surface area contributed by atoms with Crippen LogP contribution in [0.5, 0.6) is 11.5 Å². The lowest BCUT2D eigenvalue weighted by Gasteiger charge is -2.12. The lowest BCUT2D eigenvalue weighted by Crippen LogP contribution is -2.03. The molecule has 0 unspecified atom stereocenters. The van der Waals surface area contributed by atoms with Gasteiger partial charge in [-0.2, -0.15) is 0 Å². The van der Waals surface area contributed by atoms with Gasteiger partial charge in [-0.15, -0.1) is 0 Å². The van der Waals surface area contributed by atoms with Crippen molar-refractivity contribution in [3.63, 3.8) is 0 Å². The SMILES string of the molecule is COc1ccc(C(=O)c2ccc(C)cc2)cc1OCc1ccccc1. The molecule has 0 radical (unpaired) electrons. The minimum absolute atomic E-state index is 0.0350. The van der Waals surface area contributed by atoms with Gasteiger partial charge in [0.2, 0.25) is 0 Å². The van der Waals surface area contributed by atoms with Gasteiger partial charge in [0.05, 0.1) is 7.11 Å². The van der Waals surface area contributed by atoms with E-state index in [9.17, 15) is 4.79 Å². The molecule has 0 saturated carbocycles. The molecule has 3 aromatic rings. The van der Waals surface area contributed by atoms with Crippen LogP contribution in [0.2, 0.25) is 0 Å². The first-order valence-corrected chi connectivity index (χ1v) is 8.13. The second kappa shape index (κ2) is 7.67. The number of aryl methyl sites for hydroxylation is 1. The van der Waals surface area contributed by atoms with Crippen LogP contribution in [-0.4, -0.2) is 12.9 Å². The molecule has 0 aliphatic carbocycles. The highest BCUT2D eigenvalue weighted by Gasteiger charge is 2.13. The van der Waals surface area contributed by atoms with E-state index in [0.717, 1.165) is 11.1 Å². The average molecular weight is 332 g/mol. The third kappa shape index (κ3) is 4.07. The molecule has 0 aliphatic rings. The Morgan fingerprint density at radius 1 is 0.840 bits per heavy atom. The Kier molecular flexibility index (Phi) is 5.14. The van der Waals surface area contributed by atoms with Crippen LogP contribution >= 0.6 is 0 Å². The summed E-state index contributed by atoms with van der Waals surface area (Å²) in [7, 11) is 1.59. The third-order valence-electron chi connectivity index (χ3n) is 3.98. The quantitative estimate of drug-likeness (QED) is 0.608. The molecule has 0 bridgehead atoms. The maximum Gasteiger partial charge on any atom is 0.193 e. The van der Waals surface area contributed by atoms with E-state index in [4.69, 9.17) is 9.47 Å². The number of carbonyl (C=O) groups excluding carboxylic acids is 1. The van der Waals surface area contributed by atoms with Gasteiger partial charge in [-0.05, 0) is 30.7 Å². The summed E-state index contributed by atoms with van der Waals surface area (Å²) in [6.45, 7) is 2.41. The Balaban J connectivity index is 1.84. The molecule has 0 heterocycles. The number of hydrogen-bond donors (Lipinski definition) is 0. The summed E-state index contributed by atoms with van der Waals surface area (Å²) in [5.41, 5.74) is 3.41. The monoisotopic (exact) mass is 332 g/mol. The molecule has 3 nitrogen and oxygen atoms in total. The summed E-state index contributed by atoms with van der Waals surface area (Å²) in [5.74, 6) is 1.13. The van der Waals surface area contributed by atoms with Gasteiger partial charge in [0, 0.05) is 11.1 Å². The van der Waals surface area contributed by atoms with Gasteiger partial charge in [0.1, 0.15) is 6.61 Å². The Hall–Kier alpha value is -3.07. The molecule has 3 aromatic carbocycles. The van der Waals surface area contributed by atoms with Gasteiger partial charge in [-0.1, -0.05) is 60.2 Å². The molecule has 0 saturated heterocycles. The van der Waals surface area contributed by atoms with E-state index in [1.807, 2.05) is 61.5 Å². The van der Waals surface area contributed by atoms with Crippen LogP contribution in [-0.2, 0) is 6.61 Å². The fourth-order valence-corrected chi connectivity index (χ4v) is 2.54. The lowest BCUT2D eigenvalue weighted by molar-refractivity contribution is 0.103. The van der Waals surface area contributed by atoms with Crippen LogP contribution < -0.4 is 9.47 Å². The largest absolute Gasteiger partial charge is 0.493 e. The van der Waals surface area contributed by atoms with Crippen molar-refractivity contribution < 1.29 is 14.3 Å². The Morgan fingerprint density at radius 3 is 2.20 bits per heavy atom. The van der Waals surface area contributed by atoms with E-state index >= 15 is 0 Å². The van der Waals surface area contributed by atoms with Crippen molar-refractivity contribution in [1.82, 2.24) is 0 Å². The Morgan fingerprint density at radius 2 is 1.52 bits per heavy atom. The molecule has 25 heavy (non-hydrogen) atoms. The number of carbonyl (C=O) groups is 1. The average Bonchev–Trinajstić information content (AvgIpc) is 2.67. The van der Waals surface area contributed by atoms with E-state index in [2.05, 4.69) is 0 Å². The highest BCUT2D eigenvalue weighted by atomic mass is 16.5. The van der Waals surface area contributed by atoms with Crippen molar-refractivity contribution in [2.24, 2.45) is 0 Å². The fourth-order valence-electron chi connectivity index (χ4n) is 2.54. The highest BCUT2D eigenvalue weighted by Crippen LogP contribution is 2.29. The molecule has 3 rings (SSSR count). The second-order valence-corrected chi connectivity index (χ2v) is 5.84. The molecule has 0 aliphatic heterocycles. The molecular weight excluding hydrogens is 312 g/mol. The topological polar surface area (TPSA) is 35.5 Å². The summed E-state index contributed by atoms with van der Waals surface area (Å²) in [6.07, 6.45) is 0. The van der Waals surface area contributed by atoms with Crippen LogP contribution in [0, 0.1) is 6.92 Å². The molecule has 0 spiro atoms. The van der Waals surface area contributed by atoms with E-state index in [1.165, 1.54) is 0 Å². The number of benzene rings is 3. The number of methoxy groups -OCH3 is 1. The normalized spacial score (nSPS) is 10.3. The molecule has 0 fully saturated rings. The van der Waals surface area contributed by atoms with E-state index in [0.29, 0.717) is 29.2 Å². The zero-order valence-corrected chi connectivity index (χ0v) is 14.4. The first kappa shape index (κ1) is 16.8. The van der Waals surface area contributed by atoms with Gasteiger partial charge >= 0.3 is 0 Å². The zero-order valence-electron chi connectivity index (χ0n) is 14.4. The fraction of sp³-hybridized carbons (Fsp3) is 0.136. The second-order valence-electron chi connectivity index (χ2n) is 5.84. The smallest absolute Gasteiger partial charge is 0.193 e. The first-order chi connectivity index (χ1) is 12.2. The summed E-state index contributed by atoms with van der Waals surface area (Å²) >= 11 is 0. The molecule has 0 atom stereocenters. The predicted molar refractivity (Wildman–Crippen MR) is 98.4 cm³/mol. The van der Waals surface area contributed by atoms with Crippen molar-refractivity contribution in [2.75, 3.05) is 7.11 Å². The predicted octanol–water partition coefficient (Wildman–Crippen LogP) is 4.81. The van der Waals surface area contributed by atoms with Crippen molar-refractivity contribution >= 4 is 5.78 Å². The molecular formula is C22H20O3. The molecule has 3 heteroatoms. The number of ketones is 1. The van der Waals surface area contributed by atoms with Crippen molar-refractivity contribution in [2.45, 2.75) is 13.5 Å². The number of rotatable bonds is 6. The first-order valence-electron chi connectivity index (χ1n) is 8.13. The van der Waals surface area contributed by atoms with Crippen LogP contribution in [0.4, 0.5) is 0 Å². The maximum atomic E-state index is 12.7. The van der Waals surface area contributed by atoms with E-state index in [-0.39, 0.29) is 5.78 Å². The summed E-state index contributed by atoms with van der Waals surface area (Å²) in [6, 6.07) is 22.7. The van der Waals surface area contributed by atoms with Gasteiger partial charge < -0.3 is 9.47 Å². The van der Waals surface area contributed by atoms with Crippen LogP contribution in [0.25, 0.3) is 0 Å². The van der Waals surface area contributed by atoms with E-state index in [1.54, 1.807) is 25.3 Å². The van der Waals surface area contributed by atoms with Crippen LogP contribution in [0.1, 0.15) is 27.0 Å². The Labute approximate surface area is 147 Å². The van der Waals surface area contributed by atoms with Crippen LogP contribution in [0.3, 0.4) is 0 Å². The Bertz CT molecular complexity index is 852. The highest BCUT2D eigenvalue weighted by molar-refractivity contribution is 6.09. The summed E-state index contributed by atoms with van der Waals surface area (Å²) in [5, 5.41) is 0. The number of ether oxygens (including phenoxy) is 2. The molecule has 0 amide bonds. The molecule has 0 N–H and O–H groups in total. The van der Waals surface area contributed by atoms with Gasteiger partial charge in [0.15, 0.2) is 17.3 Å². The summed E-state index contributed by atoms with van der Waals surface area (Å²) < 4.78 is 11.2. The minimum Gasteiger partial charge on any atom is -0.493 e. The van der Waals surface area contributed by atoms with Crippen molar-refractivity contribution in [3.8, 4) is 11.5 Å². The van der Waals surface area contributed by atoms with Gasteiger partial charge in [-0.3, -0.25) is 4.79 Å². The minimum atomic E-state index is -0.0350. The molecule has 0 aromatic heterocycles. The van der Waals surface area contributed by atoms with Gasteiger partial charge in [-0.25, -0.2) is 0 Å². The maximum absolute atomic E-state index is 12.7. The lowest BCUT2D eigenvalue weighted by atomic mass is 10.0. The van der Waals surface area contributed by atoms with Gasteiger partial charge in [0.25, 0.3) is 0 Å². The standard InChI is InChI=1S/C22H20O3/c1-16-8-10-18(11-9-16)22(23)19-12-13-20(24-2)21(14-19)25-15-17-6-4-3-5-7-17/h3-14H,15H2,1-2H3. The van der Waals surface area contributed by atoms with Crippen molar-refractivity contribution in [3.05, 3.63) is 95.1 Å². The molecule has 126 valence electrons. The van der Waals surface area contributed by atoms with Crippen molar-refractivity contribution in [1.29, 1.82) is 0 Å². The summed E-state index contributed by atoms with van der Waals surface area (Å²) in [4.78, 5) is 12.7. The zero-order chi connectivity index (χ0) is 17.6. The third-order valence-corrected chi connectivity index (χ3v) is 3.98. The number of hydrogen-bond acceptors (Lipinski definition) is 3. The van der Waals surface area contributed by atoms with E-state index < -0.39 is 0 Å².